The van der Waals surface area contributed by atoms with Crippen molar-refractivity contribution >= 4 is 29.4 Å². The number of benzene rings is 1. The summed E-state index contributed by atoms with van der Waals surface area (Å²) in [4.78, 5) is 37.5. The second kappa shape index (κ2) is 6.56. The minimum atomic E-state index is -0.894. The first-order chi connectivity index (χ1) is 10.5. The molecule has 0 aromatic heterocycles. The predicted octanol–water partition coefficient (Wildman–Crippen LogP) is 2.84. The van der Waals surface area contributed by atoms with Crippen molar-refractivity contribution in [1.29, 1.82) is 0 Å². The van der Waals surface area contributed by atoms with Crippen molar-refractivity contribution in [2.24, 2.45) is 5.92 Å². The Bertz CT molecular complexity index is 621. The third kappa shape index (κ3) is 2.93. The summed E-state index contributed by atoms with van der Waals surface area (Å²) in [6.45, 7) is 4.66. The Kier molecular flexibility index (Phi) is 4.75. The van der Waals surface area contributed by atoms with Gasteiger partial charge in [-0.3, -0.25) is 14.5 Å². The average Bonchev–Trinajstić information content (AvgIpc) is 2.46. The fourth-order valence-corrected chi connectivity index (χ4v) is 2.74. The monoisotopic (exact) mass is 301 g/mol. The van der Waals surface area contributed by atoms with Crippen LogP contribution in [0, 0.1) is 5.92 Å². The molecule has 1 heterocycles. The van der Waals surface area contributed by atoms with E-state index in [1.165, 1.54) is 18.7 Å². The highest BCUT2D eigenvalue weighted by molar-refractivity contribution is 6.04. The number of Topliss-reactive ketones (excluding diaryl/α,β-unsaturated/α-hetero) is 2. The van der Waals surface area contributed by atoms with E-state index in [0.717, 1.165) is 5.56 Å². The van der Waals surface area contributed by atoms with Crippen LogP contribution < -0.4 is 4.90 Å². The standard InChI is InChI=1S/C17H19NO4/c1-4-22-17(21)18-14-8-6-5-7-13(14)9-10-15(18)16(11(2)19)12(3)20/h5-10,15-16H,4H2,1-3H3. The first-order valence-corrected chi connectivity index (χ1v) is 7.21. The molecule has 116 valence electrons. The number of rotatable bonds is 4. The van der Waals surface area contributed by atoms with Gasteiger partial charge in [-0.15, -0.1) is 0 Å². The van der Waals surface area contributed by atoms with Gasteiger partial charge in [0.15, 0.2) is 0 Å². The van der Waals surface area contributed by atoms with Crippen LogP contribution in [-0.4, -0.2) is 30.3 Å². The second-order valence-corrected chi connectivity index (χ2v) is 5.18. The normalized spacial score (nSPS) is 16.4. The fourth-order valence-electron chi connectivity index (χ4n) is 2.74. The Labute approximate surface area is 129 Å². The van der Waals surface area contributed by atoms with E-state index in [1.54, 1.807) is 25.1 Å². The number of hydrogen-bond acceptors (Lipinski definition) is 4. The molecular formula is C17H19NO4. The van der Waals surface area contributed by atoms with Gasteiger partial charge in [-0.25, -0.2) is 4.79 Å². The number of ketones is 2. The molecule has 0 saturated heterocycles. The van der Waals surface area contributed by atoms with Crippen LogP contribution in [0.1, 0.15) is 26.3 Å². The zero-order valence-electron chi connectivity index (χ0n) is 12.9. The number of carbonyl (C=O) groups excluding carboxylic acids is 3. The minimum absolute atomic E-state index is 0.221. The quantitative estimate of drug-likeness (QED) is 0.802. The summed E-state index contributed by atoms with van der Waals surface area (Å²) in [7, 11) is 0. The largest absolute Gasteiger partial charge is 0.449 e. The molecule has 0 saturated carbocycles. The van der Waals surface area contributed by atoms with Crippen LogP contribution in [0.2, 0.25) is 0 Å². The predicted molar refractivity (Wildman–Crippen MR) is 83.6 cm³/mol. The summed E-state index contributed by atoms with van der Waals surface area (Å²) >= 11 is 0. The van der Waals surface area contributed by atoms with Gasteiger partial charge in [0.25, 0.3) is 0 Å². The number of anilines is 1. The molecule has 1 amide bonds. The van der Waals surface area contributed by atoms with Crippen LogP contribution >= 0.6 is 0 Å². The smallest absolute Gasteiger partial charge is 0.414 e. The van der Waals surface area contributed by atoms with E-state index in [9.17, 15) is 14.4 Å². The van der Waals surface area contributed by atoms with Crippen LogP contribution in [0.3, 0.4) is 0 Å². The molecule has 1 aromatic rings. The first-order valence-electron chi connectivity index (χ1n) is 7.21. The summed E-state index contributed by atoms with van der Waals surface area (Å²) in [5, 5.41) is 0. The maximum atomic E-state index is 12.4. The Morgan fingerprint density at radius 2 is 1.82 bits per heavy atom. The Balaban J connectivity index is 2.51. The zero-order chi connectivity index (χ0) is 16.3. The van der Waals surface area contributed by atoms with Gasteiger partial charge in [0.1, 0.15) is 17.5 Å². The Hall–Kier alpha value is -2.43. The molecule has 0 radical (unpaired) electrons. The molecule has 1 aliphatic rings. The lowest BCUT2D eigenvalue weighted by Crippen LogP contribution is -2.49. The highest BCUT2D eigenvalue weighted by Crippen LogP contribution is 2.32. The maximum Gasteiger partial charge on any atom is 0.414 e. The van der Waals surface area contributed by atoms with Crippen molar-refractivity contribution in [1.82, 2.24) is 0 Å². The van der Waals surface area contributed by atoms with Gasteiger partial charge in [0.05, 0.1) is 18.3 Å². The van der Waals surface area contributed by atoms with Crippen molar-refractivity contribution in [3.05, 3.63) is 35.9 Å². The molecular weight excluding hydrogens is 282 g/mol. The lowest BCUT2D eigenvalue weighted by molar-refractivity contribution is -0.130. The summed E-state index contributed by atoms with van der Waals surface area (Å²) in [5.74, 6) is -1.43. The molecule has 1 unspecified atom stereocenters. The zero-order valence-corrected chi connectivity index (χ0v) is 12.9. The number of carbonyl (C=O) groups is 3. The third-order valence-electron chi connectivity index (χ3n) is 3.65. The number of ether oxygens (including phenoxy) is 1. The molecule has 0 N–H and O–H groups in total. The van der Waals surface area contributed by atoms with Gasteiger partial charge >= 0.3 is 6.09 Å². The van der Waals surface area contributed by atoms with E-state index in [2.05, 4.69) is 0 Å². The van der Waals surface area contributed by atoms with Gasteiger partial charge < -0.3 is 4.74 Å². The van der Waals surface area contributed by atoms with Gasteiger partial charge in [-0.05, 0) is 32.4 Å². The molecule has 2 rings (SSSR count). The van der Waals surface area contributed by atoms with Crippen molar-refractivity contribution in [2.45, 2.75) is 26.8 Å². The van der Waals surface area contributed by atoms with Crippen molar-refractivity contribution in [3.63, 3.8) is 0 Å². The SMILES string of the molecule is CCOC(=O)N1c2ccccc2C=CC1C(C(C)=O)C(C)=O. The van der Waals surface area contributed by atoms with Crippen molar-refractivity contribution in [2.75, 3.05) is 11.5 Å². The van der Waals surface area contributed by atoms with Crippen molar-refractivity contribution < 1.29 is 19.1 Å². The molecule has 1 atom stereocenters. The lowest BCUT2D eigenvalue weighted by atomic mass is 9.87. The number of amides is 1. The Morgan fingerprint density at radius 3 is 2.41 bits per heavy atom. The second-order valence-electron chi connectivity index (χ2n) is 5.18. The van der Waals surface area contributed by atoms with E-state index in [-0.39, 0.29) is 18.2 Å². The van der Waals surface area contributed by atoms with Crippen LogP contribution in [-0.2, 0) is 14.3 Å². The van der Waals surface area contributed by atoms with Crippen molar-refractivity contribution in [3.8, 4) is 0 Å². The molecule has 5 heteroatoms. The van der Waals surface area contributed by atoms with E-state index in [1.807, 2.05) is 18.2 Å². The van der Waals surface area contributed by atoms with Gasteiger partial charge in [-0.2, -0.15) is 0 Å². The summed E-state index contributed by atoms with van der Waals surface area (Å²) in [6, 6.07) is 6.65. The lowest BCUT2D eigenvalue weighted by Gasteiger charge is -2.35. The van der Waals surface area contributed by atoms with Gasteiger partial charge in [-0.1, -0.05) is 30.4 Å². The Morgan fingerprint density at radius 1 is 1.18 bits per heavy atom. The molecule has 0 spiro atoms. The van der Waals surface area contributed by atoms with E-state index in [4.69, 9.17) is 4.74 Å². The summed E-state index contributed by atoms with van der Waals surface area (Å²) in [6.07, 6.45) is 2.98. The summed E-state index contributed by atoms with van der Waals surface area (Å²) < 4.78 is 5.11. The van der Waals surface area contributed by atoms with Crippen LogP contribution in [0.5, 0.6) is 0 Å². The van der Waals surface area contributed by atoms with Gasteiger partial charge in [0.2, 0.25) is 0 Å². The minimum Gasteiger partial charge on any atom is -0.449 e. The molecule has 5 nitrogen and oxygen atoms in total. The third-order valence-corrected chi connectivity index (χ3v) is 3.65. The van der Waals surface area contributed by atoms with Gasteiger partial charge in [0, 0.05) is 0 Å². The first kappa shape index (κ1) is 15.9. The van der Waals surface area contributed by atoms with Crippen LogP contribution in [0.4, 0.5) is 10.5 Å². The summed E-state index contributed by atoms with van der Waals surface area (Å²) in [5.41, 5.74) is 1.48. The van der Waals surface area contributed by atoms with E-state index in [0.29, 0.717) is 5.69 Å². The van der Waals surface area contributed by atoms with E-state index >= 15 is 0 Å². The number of fused-ring (bicyclic) bond motifs is 1. The fraction of sp³-hybridized carbons (Fsp3) is 0.353. The highest BCUT2D eigenvalue weighted by Gasteiger charge is 2.38. The average molecular weight is 301 g/mol. The molecule has 0 fully saturated rings. The highest BCUT2D eigenvalue weighted by atomic mass is 16.6. The number of hydrogen-bond donors (Lipinski definition) is 0. The van der Waals surface area contributed by atoms with E-state index < -0.39 is 18.1 Å². The molecule has 1 aromatic carbocycles. The van der Waals surface area contributed by atoms with Crippen LogP contribution in [0.15, 0.2) is 30.3 Å². The van der Waals surface area contributed by atoms with Crippen LogP contribution in [0.25, 0.3) is 6.08 Å². The maximum absolute atomic E-state index is 12.4. The molecule has 0 aliphatic carbocycles. The topological polar surface area (TPSA) is 63.7 Å². The molecule has 1 aliphatic heterocycles. The number of para-hydroxylation sites is 1. The molecule has 0 bridgehead atoms. The number of nitrogens with zero attached hydrogens (tertiary/aromatic N) is 1. The molecule has 22 heavy (non-hydrogen) atoms.